The first-order valence-electron chi connectivity index (χ1n) is 16.3. The normalized spacial score (nSPS) is 18.1. The van der Waals surface area contributed by atoms with Crippen molar-refractivity contribution in [3.63, 3.8) is 0 Å². The largest absolute Gasteiger partial charge is 0.416 e. The molecule has 2 N–H and O–H groups in total. The van der Waals surface area contributed by atoms with Crippen molar-refractivity contribution in [3.8, 4) is 0 Å². The summed E-state index contributed by atoms with van der Waals surface area (Å²) in [6.45, 7) is 4.69. The third-order valence-corrected chi connectivity index (χ3v) is 8.93. The zero-order valence-corrected chi connectivity index (χ0v) is 27.1. The number of piperazine rings is 1. The zero-order valence-electron chi connectivity index (χ0n) is 27.1. The molecule has 1 atom stereocenters. The average molecular weight is 702 g/mol. The number of hydroxylamine groups is 1. The summed E-state index contributed by atoms with van der Waals surface area (Å²) in [7, 11) is 0. The van der Waals surface area contributed by atoms with Gasteiger partial charge in [0.1, 0.15) is 0 Å². The molecule has 2 saturated heterocycles. The van der Waals surface area contributed by atoms with Crippen LogP contribution in [0, 0.1) is 0 Å². The molecule has 6 rings (SSSR count). The van der Waals surface area contributed by atoms with Crippen LogP contribution in [0.2, 0.25) is 0 Å². The second kappa shape index (κ2) is 15.2. The van der Waals surface area contributed by atoms with E-state index in [-0.39, 0.29) is 25.7 Å². The Labute approximate surface area is 285 Å². The Morgan fingerprint density at radius 1 is 0.880 bits per heavy atom. The standard InChI is InChI=1S/C36H37F6N5O3/c37-35(38,39)28-18-26(19-29(21-28)36(40,41)42)34(48)47-11-10-46(23-30(47)20-27-22-43-32-9-5-4-8-31(27)32)24-33(25-6-2-1-3-7-25)44-50-17-14-45-12-15-49-16-13-45/h1-9,18-19,21-22,24,30,43-44H,10-17,20,23H2/t30-/m1/s1. The van der Waals surface area contributed by atoms with Crippen molar-refractivity contribution < 1.29 is 40.7 Å². The maximum Gasteiger partial charge on any atom is 0.416 e. The van der Waals surface area contributed by atoms with E-state index in [0.717, 1.165) is 35.1 Å². The van der Waals surface area contributed by atoms with Gasteiger partial charge in [-0.3, -0.25) is 20.0 Å². The number of carbonyl (C=O) groups is 1. The Hall–Kier alpha value is -4.53. The van der Waals surface area contributed by atoms with Crippen molar-refractivity contribution in [2.45, 2.75) is 24.8 Å². The summed E-state index contributed by atoms with van der Waals surface area (Å²) < 4.78 is 87.6. The van der Waals surface area contributed by atoms with Crippen molar-refractivity contribution in [1.82, 2.24) is 25.2 Å². The molecule has 2 aliphatic heterocycles. The lowest BCUT2D eigenvalue weighted by Gasteiger charge is -2.41. The molecule has 3 heterocycles. The lowest BCUT2D eigenvalue weighted by molar-refractivity contribution is -0.143. The van der Waals surface area contributed by atoms with E-state index in [9.17, 15) is 31.1 Å². The number of para-hydroxylation sites is 1. The number of hydrogen-bond donors (Lipinski definition) is 2. The maximum absolute atomic E-state index is 13.9. The molecule has 0 unspecified atom stereocenters. The monoisotopic (exact) mass is 701 g/mol. The fourth-order valence-corrected chi connectivity index (χ4v) is 6.33. The molecule has 8 nitrogen and oxygen atoms in total. The van der Waals surface area contributed by atoms with Gasteiger partial charge in [-0.05, 0) is 36.2 Å². The SMILES string of the molecule is O=C(c1cc(C(F)(F)F)cc(C(F)(F)F)c1)N1CCN(C=C(NOCCN2CCOCC2)c2ccccc2)C[C@H]1Cc1c[nH]c2ccccc12. The fourth-order valence-electron chi connectivity index (χ4n) is 6.33. The lowest BCUT2D eigenvalue weighted by atomic mass is 9.98. The molecule has 50 heavy (non-hydrogen) atoms. The van der Waals surface area contributed by atoms with Crippen LogP contribution in [0.15, 0.2) is 85.2 Å². The number of fused-ring (bicyclic) bond motifs is 1. The van der Waals surface area contributed by atoms with Crippen LogP contribution in [0.5, 0.6) is 0 Å². The van der Waals surface area contributed by atoms with E-state index in [4.69, 9.17) is 9.57 Å². The van der Waals surface area contributed by atoms with Gasteiger partial charge < -0.3 is 19.5 Å². The second-order valence-electron chi connectivity index (χ2n) is 12.3. The minimum Gasteiger partial charge on any atom is -0.379 e. The van der Waals surface area contributed by atoms with Crippen molar-refractivity contribution in [3.05, 3.63) is 113 Å². The molecule has 3 aromatic carbocycles. The predicted molar refractivity (Wildman–Crippen MR) is 176 cm³/mol. The third kappa shape index (κ3) is 8.60. The van der Waals surface area contributed by atoms with Gasteiger partial charge in [0.15, 0.2) is 0 Å². The Bertz CT molecular complexity index is 1750. The Kier molecular flexibility index (Phi) is 10.7. The summed E-state index contributed by atoms with van der Waals surface area (Å²) in [5, 5.41) is 0.909. The van der Waals surface area contributed by atoms with Crippen LogP contribution in [0.25, 0.3) is 16.6 Å². The fraction of sp³-hybridized carbons (Fsp3) is 0.361. The van der Waals surface area contributed by atoms with Crippen LogP contribution in [0.3, 0.4) is 0 Å². The van der Waals surface area contributed by atoms with Gasteiger partial charge in [-0.25, -0.2) is 0 Å². The molecular weight excluding hydrogens is 664 g/mol. The van der Waals surface area contributed by atoms with E-state index in [0.29, 0.717) is 50.6 Å². The summed E-state index contributed by atoms with van der Waals surface area (Å²) in [6, 6.07) is 17.5. The van der Waals surface area contributed by atoms with Gasteiger partial charge >= 0.3 is 12.4 Å². The molecule has 0 spiro atoms. The van der Waals surface area contributed by atoms with Gasteiger partial charge in [0, 0.05) is 73.7 Å². The number of halogens is 6. The van der Waals surface area contributed by atoms with E-state index in [1.807, 2.05) is 71.9 Å². The Morgan fingerprint density at radius 2 is 1.56 bits per heavy atom. The lowest BCUT2D eigenvalue weighted by Crippen LogP contribution is -2.54. The number of amides is 1. The van der Waals surface area contributed by atoms with Crippen molar-refractivity contribution in [2.75, 3.05) is 59.1 Å². The molecule has 1 amide bonds. The average Bonchev–Trinajstić information content (AvgIpc) is 3.52. The highest BCUT2D eigenvalue weighted by Gasteiger charge is 2.39. The number of morpholine rings is 1. The van der Waals surface area contributed by atoms with Gasteiger partial charge in [-0.2, -0.15) is 26.3 Å². The van der Waals surface area contributed by atoms with E-state index >= 15 is 0 Å². The first-order chi connectivity index (χ1) is 24.0. The van der Waals surface area contributed by atoms with E-state index in [1.165, 1.54) is 4.90 Å². The number of alkyl halides is 6. The highest BCUT2D eigenvalue weighted by Crippen LogP contribution is 2.37. The van der Waals surface area contributed by atoms with Crippen LogP contribution in [-0.2, 0) is 28.3 Å². The van der Waals surface area contributed by atoms with Crippen LogP contribution >= 0.6 is 0 Å². The first kappa shape index (κ1) is 35.3. The topological polar surface area (TPSA) is 73.1 Å². The molecule has 0 radical (unpaired) electrons. The molecule has 1 aromatic heterocycles. The molecular formula is C36H37F6N5O3. The smallest absolute Gasteiger partial charge is 0.379 e. The molecule has 2 fully saturated rings. The highest BCUT2D eigenvalue weighted by molar-refractivity contribution is 5.95. The summed E-state index contributed by atoms with van der Waals surface area (Å²) in [5.74, 6) is -0.900. The van der Waals surface area contributed by atoms with Crippen LogP contribution in [0.1, 0.15) is 32.6 Å². The number of H-pyrrole nitrogens is 1. The number of ether oxygens (including phenoxy) is 1. The minimum atomic E-state index is -5.08. The van der Waals surface area contributed by atoms with Crippen LogP contribution in [0.4, 0.5) is 26.3 Å². The van der Waals surface area contributed by atoms with Crippen LogP contribution in [-0.4, -0.2) is 90.7 Å². The minimum absolute atomic E-state index is 0.0318. The molecule has 0 bridgehead atoms. The molecule has 0 saturated carbocycles. The van der Waals surface area contributed by atoms with E-state index in [1.54, 1.807) is 0 Å². The van der Waals surface area contributed by atoms with Gasteiger partial charge in [-0.1, -0.05) is 48.5 Å². The van der Waals surface area contributed by atoms with Crippen molar-refractivity contribution >= 4 is 22.5 Å². The number of nitrogens with one attached hydrogen (secondary N) is 2. The molecule has 0 aliphatic carbocycles. The van der Waals surface area contributed by atoms with Crippen molar-refractivity contribution in [2.24, 2.45) is 0 Å². The highest BCUT2D eigenvalue weighted by atomic mass is 19.4. The molecule has 4 aromatic rings. The Morgan fingerprint density at radius 3 is 2.26 bits per heavy atom. The number of rotatable bonds is 10. The van der Waals surface area contributed by atoms with Gasteiger partial charge in [0.05, 0.1) is 42.7 Å². The van der Waals surface area contributed by atoms with Gasteiger partial charge in [0.25, 0.3) is 5.91 Å². The number of aromatic nitrogens is 1. The number of hydrogen-bond acceptors (Lipinski definition) is 6. The van der Waals surface area contributed by atoms with E-state index < -0.39 is 41.0 Å². The molecule has 14 heteroatoms. The summed E-state index contributed by atoms with van der Waals surface area (Å²) in [6.07, 6.45) is -6.16. The zero-order chi connectivity index (χ0) is 35.3. The quantitative estimate of drug-likeness (QED) is 0.113. The Balaban J connectivity index is 1.28. The maximum atomic E-state index is 13.9. The summed E-state index contributed by atoms with van der Waals surface area (Å²) >= 11 is 0. The first-order valence-corrected chi connectivity index (χ1v) is 16.3. The second-order valence-corrected chi connectivity index (χ2v) is 12.3. The van der Waals surface area contributed by atoms with Crippen LogP contribution < -0.4 is 5.48 Å². The number of nitrogens with zero attached hydrogens (tertiary/aromatic N) is 3. The third-order valence-electron chi connectivity index (χ3n) is 8.93. The number of carbonyl (C=O) groups excluding carboxylic acids is 1. The molecule has 266 valence electrons. The number of benzene rings is 3. The van der Waals surface area contributed by atoms with Gasteiger partial charge in [-0.15, -0.1) is 0 Å². The van der Waals surface area contributed by atoms with E-state index in [2.05, 4.69) is 15.4 Å². The summed E-state index contributed by atoms with van der Waals surface area (Å²) in [5.41, 5.74) is 2.57. The number of aromatic amines is 1. The molecule has 2 aliphatic rings. The predicted octanol–water partition coefficient (Wildman–Crippen LogP) is 6.43. The summed E-state index contributed by atoms with van der Waals surface area (Å²) in [4.78, 5) is 28.6. The van der Waals surface area contributed by atoms with Crippen molar-refractivity contribution in [1.29, 1.82) is 0 Å². The van der Waals surface area contributed by atoms with Gasteiger partial charge in [0.2, 0.25) is 0 Å².